The zero-order chi connectivity index (χ0) is 25.7. The van der Waals surface area contributed by atoms with Crippen LogP contribution in [0.2, 0.25) is 0 Å². The summed E-state index contributed by atoms with van der Waals surface area (Å²) < 4.78 is 78.9. The number of carbonyl (C=O) groups excluding carboxylic acids is 1. The van der Waals surface area contributed by atoms with Crippen molar-refractivity contribution in [2.24, 2.45) is 0 Å². The molecule has 0 aromatic carbocycles. The summed E-state index contributed by atoms with van der Waals surface area (Å²) in [5.74, 6) is -0.302. The molecule has 0 fully saturated rings. The number of rotatable bonds is 22. The van der Waals surface area contributed by atoms with Crippen molar-refractivity contribution >= 4 is 5.97 Å². The van der Waals surface area contributed by atoms with Crippen LogP contribution in [0, 0.1) is 0 Å². The fourth-order valence-corrected chi connectivity index (χ4v) is 3.69. The van der Waals surface area contributed by atoms with Gasteiger partial charge >= 0.3 is 18.3 Å². The van der Waals surface area contributed by atoms with Crippen molar-refractivity contribution in [2.45, 2.75) is 128 Å². The van der Waals surface area contributed by atoms with E-state index in [0.717, 1.165) is 32.2 Å². The summed E-state index contributed by atoms with van der Waals surface area (Å²) in [6.07, 6.45) is -1.58. The maximum Gasteiger partial charge on any atom is 0.389 e. The molecule has 0 radical (unpaired) electrons. The van der Waals surface area contributed by atoms with Crippen molar-refractivity contribution in [3.63, 3.8) is 0 Å². The Bertz CT molecular complexity index is 486. The van der Waals surface area contributed by atoms with Gasteiger partial charge in [-0.1, -0.05) is 38.5 Å². The molecule has 4 nitrogen and oxygen atoms in total. The molecule has 1 atom stereocenters. The molecular weight excluding hydrogens is 464 g/mol. The summed E-state index contributed by atoms with van der Waals surface area (Å²) in [7, 11) is 0. The van der Waals surface area contributed by atoms with Crippen LogP contribution in [0.1, 0.15) is 109 Å². The first-order chi connectivity index (χ1) is 16.0. The number of nitrogens with one attached hydrogen (secondary N) is 1. The fraction of sp³-hybridized carbons (Fsp3) is 0.958. The Morgan fingerprint density at radius 1 is 0.676 bits per heavy atom. The molecule has 0 aromatic rings. The second kappa shape index (κ2) is 20.2. The largest absolute Gasteiger partial charge is 0.462 e. The lowest BCUT2D eigenvalue weighted by atomic mass is 10.0. The molecule has 1 unspecified atom stereocenters. The summed E-state index contributed by atoms with van der Waals surface area (Å²) in [5.41, 5.74) is 0. The summed E-state index contributed by atoms with van der Waals surface area (Å²) in [4.78, 5) is 12.2. The fourth-order valence-electron chi connectivity index (χ4n) is 3.69. The van der Waals surface area contributed by atoms with E-state index in [4.69, 9.17) is 9.84 Å². The number of aliphatic hydroxyl groups is 1. The van der Waals surface area contributed by atoms with Crippen LogP contribution < -0.4 is 5.32 Å². The molecule has 10 heteroatoms. The van der Waals surface area contributed by atoms with Crippen LogP contribution in [-0.2, 0) is 9.53 Å². The summed E-state index contributed by atoms with van der Waals surface area (Å²) in [5, 5.41) is 11.8. The number of esters is 1. The molecule has 0 heterocycles. The quantitative estimate of drug-likeness (QED) is 0.0922. The lowest BCUT2D eigenvalue weighted by molar-refractivity contribution is -0.150. The maximum atomic E-state index is 12.3. The normalized spacial score (nSPS) is 13.3. The summed E-state index contributed by atoms with van der Waals surface area (Å²) >= 11 is 0. The third-order valence-corrected chi connectivity index (χ3v) is 5.54. The van der Waals surface area contributed by atoms with Crippen LogP contribution in [0.15, 0.2) is 0 Å². The van der Waals surface area contributed by atoms with Crippen LogP contribution in [0.5, 0.6) is 0 Å². The second-order valence-corrected chi connectivity index (χ2v) is 8.89. The third kappa shape index (κ3) is 25.6. The minimum Gasteiger partial charge on any atom is -0.462 e. The van der Waals surface area contributed by atoms with E-state index in [9.17, 15) is 31.1 Å². The number of aliphatic hydroxyl groups excluding tert-OH is 1. The third-order valence-electron chi connectivity index (χ3n) is 5.54. The first kappa shape index (κ1) is 33.0. The van der Waals surface area contributed by atoms with E-state index in [0.29, 0.717) is 64.3 Å². The van der Waals surface area contributed by atoms with E-state index in [-0.39, 0.29) is 31.5 Å². The number of hydrogen-bond acceptors (Lipinski definition) is 4. The van der Waals surface area contributed by atoms with Crippen LogP contribution in [0.25, 0.3) is 0 Å². The van der Waals surface area contributed by atoms with Gasteiger partial charge in [-0.05, 0) is 57.9 Å². The summed E-state index contributed by atoms with van der Waals surface area (Å²) in [6.45, 7) is 1.49. The van der Waals surface area contributed by atoms with E-state index in [1.165, 1.54) is 0 Å². The molecule has 0 aromatic heterocycles. The van der Waals surface area contributed by atoms with Crippen LogP contribution in [-0.4, -0.2) is 49.2 Å². The zero-order valence-corrected chi connectivity index (χ0v) is 20.3. The Hall–Kier alpha value is -1.03. The molecule has 0 saturated heterocycles. The molecule has 0 amide bonds. The molecule has 204 valence electrons. The van der Waals surface area contributed by atoms with Crippen molar-refractivity contribution in [1.29, 1.82) is 0 Å². The molecule has 0 spiro atoms. The molecule has 0 rings (SSSR count). The topological polar surface area (TPSA) is 58.6 Å². The van der Waals surface area contributed by atoms with Gasteiger partial charge < -0.3 is 15.2 Å². The number of ether oxygens (including phenoxy) is 1. The highest BCUT2D eigenvalue weighted by Gasteiger charge is 2.26. The van der Waals surface area contributed by atoms with Gasteiger partial charge in [0.2, 0.25) is 0 Å². The molecular formula is C24H43F6NO3. The lowest BCUT2D eigenvalue weighted by Gasteiger charge is -2.18. The highest BCUT2D eigenvalue weighted by atomic mass is 19.4. The van der Waals surface area contributed by atoms with Gasteiger partial charge in [-0.15, -0.1) is 0 Å². The van der Waals surface area contributed by atoms with Crippen molar-refractivity contribution in [2.75, 3.05) is 19.7 Å². The Kier molecular flexibility index (Phi) is 19.6. The number of halogens is 6. The average molecular weight is 508 g/mol. The van der Waals surface area contributed by atoms with Gasteiger partial charge in [0.15, 0.2) is 0 Å². The molecule has 0 aliphatic carbocycles. The zero-order valence-electron chi connectivity index (χ0n) is 20.3. The van der Waals surface area contributed by atoms with Gasteiger partial charge in [-0.25, -0.2) is 0 Å². The van der Waals surface area contributed by atoms with Gasteiger partial charge in [-0.2, -0.15) is 26.3 Å². The molecule has 2 N–H and O–H groups in total. The monoisotopic (exact) mass is 507 g/mol. The molecule has 0 aliphatic heterocycles. The number of carbonyl (C=O) groups is 1. The Morgan fingerprint density at radius 3 is 1.71 bits per heavy atom. The van der Waals surface area contributed by atoms with Crippen molar-refractivity contribution < 1.29 is 41.0 Å². The number of hydrogen-bond donors (Lipinski definition) is 2. The van der Waals surface area contributed by atoms with Crippen molar-refractivity contribution in [1.82, 2.24) is 5.32 Å². The molecule has 0 bridgehead atoms. The predicted molar refractivity (Wildman–Crippen MR) is 120 cm³/mol. The summed E-state index contributed by atoms with van der Waals surface area (Å²) in [6, 6.07) is 0. The van der Waals surface area contributed by atoms with E-state index in [1.54, 1.807) is 0 Å². The smallest absolute Gasteiger partial charge is 0.389 e. The highest BCUT2D eigenvalue weighted by Crippen LogP contribution is 2.25. The highest BCUT2D eigenvalue weighted by molar-refractivity contribution is 5.69. The van der Waals surface area contributed by atoms with Gasteiger partial charge in [0, 0.05) is 25.8 Å². The van der Waals surface area contributed by atoms with E-state index in [2.05, 4.69) is 5.32 Å². The van der Waals surface area contributed by atoms with Crippen molar-refractivity contribution in [3.8, 4) is 0 Å². The standard InChI is InChI=1S/C24H43F6NO3/c25-23(26,27)16-10-4-1-2-7-13-21(14-8-6-11-17-24(28,29)30)34-22(33)15-9-3-5-12-18-31-19-20-32/h21,31-32H,1-20H2. The predicted octanol–water partition coefficient (Wildman–Crippen LogP) is 7.24. The van der Waals surface area contributed by atoms with Crippen LogP contribution in [0.3, 0.4) is 0 Å². The van der Waals surface area contributed by atoms with Gasteiger partial charge in [-0.3, -0.25) is 4.79 Å². The minimum absolute atomic E-state index is 0.0521. The van der Waals surface area contributed by atoms with Gasteiger partial charge in [0.25, 0.3) is 0 Å². The second-order valence-electron chi connectivity index (χ2n) is 8.89. The first-order valence-corrected chi connectivity index (χ1v) is 12.7. The maximum absolute atomic E-state index is 12.3. The Morgan fingerprint density at radius 2 is 1.15 bits per heavy atom. The van der Waals surface area contributed by atoms with Crippen LogP contribution >= 0.6 is 0 Å². The SMILES string of the molecule is O=C(CCCCCCNCCO)OC(CCCCCCCC(F)(F)F)CCCCCC(F)(F)F. The van der Waals surface area contributed by atoms with Crippen molar-refractivity contribution in [3.05, 3.63) is 0 Å². The number of alkyl halides is 6. The van der Waals surface area contributed by atoms with E-state index >= 15 is 0 Å². The Balaban J connectivity index is 4.15. The Labute approximate surface area is 200 Å². The average Bonchev–Trinajstić information content (AvgIpc) is 2.72. The van der Waals surface area contributed by atoms with Crippen LogP contribution in [0.4, 0.5) is 26.3 Å². The first-order valence-electron chi connectivity index (χ1n) is 12.7. The molecule has 0 aliphatic rings. The number of unbranched alkanes of at least 4 members (excludes halogenated alkanes) is 9. The minimum atomic E-state index is -4.16. The van der Waals surface area contributed by atoms with Gasteiger partial charge in [0.1, 0.15) is 6.10 Å². The van der Waals surface area contributed by atoms with Gasteiger partial charge in [0.05, 0.1) is 6.61 Å². The lowest BCUT2D eigenvalue weighted by Crippen LogP contribution is -2.19. The molecule has 34 heavy (non-hydrogen) atoms. The molecule has 0 saturated carbocycles. The van der Waals surface area contributed by atoms with E-state index < -0.39 is 25.2 Å². The van der Waals surface area contributed by atoms with E-state index in [1.807, 2.05) is 0 Å².